The van der Waals surface area contributed by atoms with Gasteiger partial charge in [0, 0.05) is 0 Å². The molecule has 0 saturated heterocycles. The van der Waals surface area contributed by atoms with Gasteiger partial charge in [-0.3, -0.25) is 4.79 Å². The maximum Gasteiger partial charge on any atom is 0.307 e. The lowest BCUT2D eigenvalue weighted by Gasteiger charge is -2.27. The molecule has 1 N–H and O–H groups in total. The van der Waals surface area contributed by atoms with Crippen LogP contribution in [-0.2, 0) is 4.79 Å². The number of carboxylic acids is 1. The first kappa shape index (κ1) is 7.14. The minimum atomic E-state index is -0.554. The van der Waals surface area contributed by atoms with Gasteiger partial charge in [-0.25, -0.2) is 0 Å². The molecule has 0 heterocycles. The second kappa shape index (κ2) is 2.23. The fourth-order valence-corrected chi connectivity index (χ4v) is 2.45. The molecule has 0 bridgehead atoms. The van der Waals surface area contributed by atoms with Gasteiger partial charge >= 0.3 is 5.97 Å². The Labute approximate surface area is 66.6 Å². The topological polar surface area (TPSA) is 37.3 Å². The van der Waals surface area contributed by atoms with Crippen LogP contribution in [-0.4, -0.2) is 11.1 Å². The fraction of sp³-hybridized carbons (Fsp3) is 0.889. The number of rotatable bonds is 1. The molecule has 0 unspecified atom stereocenters. The number of carbonyl (C=O) groups is 1. The summed E-state index contributed by atoms with van der Waals surface area (Å²) in [5.74, 6) is -0.557. The Kier molecular flexibility index (Phi) is 1.44. The molecule has 0 amide bonds. The van der Waals surface area contributed by atoms with Crippen molar-refractivity contribution in [1.82, 2.24) is 0 Å². The SMILES string of the molecule is O=C(O)[C@H]1CCCCC12CC2. The Morgan fingerprint density at radius 2 is 2.00 bits per heavy atom. The van der Waals surface area contributed by atoms with Gasteiger partial charge in [-0.2, -0.15) is 0 Å². The summed E-state index contributed by atoms with van der Waals surface area (Å²) in [5, 5.41) is 8.91. The average Bonchev–Trinajstić information content (AvgIpc) is 2.70. The van der Waals surface area contributed by atoms with E-state index in [0.29, 0.717) is 0 Å². The number of hydrogen-bond donors (Lipinski definition) is 1. The predicted molar refractivity (Wildman–Crippen MR) is 41.3 cm³/mol. The highest BCUT2D eigenvalue weighted by Crippen LogP contribution is 2.59. The molecule has 2 saturated carbocycles. The van der Waals surface area contributed by atoms with E-state index in [9.17, 15) is 4.79 Å². The molecular weight excluding hydrogens is 140 g/mol. The van der Waals surface area contributed by atoms with E-state index < -0.39 is 5.97 Å². The lowest BCUT2D eigenvalue weighted by molar-refractivity contribution is -0.145. The van der Waals surface area contributed by atoms with Gasteiger partial charge in [-0.05, 0) is 31.1 Å². The summed E-state index contributed by atoms with van der Waals surface area (Å²) < 4.78 is 0. The van der Waals surface area contributed by atoms with Crippen molar-refractivity contribution in [3.05, 3.63) is 0 Å². The Balaban J connectivity index is 2.10. The highest BCUT2D eigenvalue weighted by atomic mass is 16.4. The molecule has 11 heavy (non-hydrogen) atoms. The maximum absolute atomic E-state index is 10.8. The lowest BCUT2D eigenvalue weighted by Crippen LogP contribution is -2.28. The molecule has 1 spiro atoms. The largest absolute Gasteiger partial charge is 0.481 e. The van der Waals surface area contributed by atoms with Crippen LogP contribution in [0.1, 0.15) is 38.5 Å². The Morgan fingerprint density at radius 1 is 1.27 bits per heavy atom. The second-order valence-electron chi connectivity index (χ2n) is 4.00. The molecule has 0 aromatic rings. The molecule has 2 heteroatoms. The standard InChI is InChI=1S/C9H14O2/c10-8(11)7-3-1-2-4-9(7)5-6-9/h7H,1-6H2,(H,10,11)/t7-/m1/s1. The highest BCUT2D eigenvalue weighted by Gasteiger charge is 2.52. The van der Waals surface area contributed by atoms with E-state index in [1.165, 1.54) is 25.7 Å². The number of carboxylic acid groups (broad SMARTS) is 1. The Bertz CT molecular complexity index is 182. The van der Waals surface area contributed by atoms with Gasteiger partial charge in [0.2, 0.25) is 0 Å². The monoisotopic (exact) mass is 154 g/mol. The van der Waals surface area contributed by atoms with Crippen molar-refractivity contribution in [3.63, 3.8) is 0 Å². The number of aliphatic carboxylic acids is 1. The molecular formula is C9H14O2. The maximum atomic E-state index is 10.8. The first-order valence-electron chi connectivity index (χ1n) is 4.47. The molecule has 2 nitrogen and oxygen atoms in total. The van der Waals surface area contributed by atoms with Crippen molar-refractivity contribution in [2.24, 2.45) is 11.3 Å². The first-order chi connectivity index (χ1) is 5.25. The van der Waals surface area contributed by atoms with Crippen LogP contribution >= 0.6 is 0 Å². The van der Waals surface area contributed by atoms with Crippen LogP contribution in [0, 0.1) is 11.3 Å². The zero-order chi connectivity index (χ0) is 7.90. The van der Waals surface area contributed by atoms with E-state index in [-0.39, 0.29) is 11.3 Å². The summed E-state index contributed by atoms with van der Waals surface area (Å²) in [7, 11) is 0. The summed E-state index contributed by atoms with van der Waals surface area (Å²) >= 11 is 0. The highest BCUT2D eigenvalue weighted by molar-refractivity contribution is 5.71. The first-order valence-corrected chi connectivity index (χ1v) is 4.47. The van der Waals surface area contributed by atoms with Gasteiger partial charge in [0.15, 0.2) is 0 Å². The van der Waals surface area contributed by atoms with Crippen molar-refractivity contribution >= 4 is 5.97 Å². The van der Waals surface area contributed by atoms with Gasteiger partial charge in [-0.1, -0.05) is 12.8 Å². The van der Waals surface area contributed by atoms with Crippen molar-refractivity contribution in [3.8, 4) is 0 Å². The fourth-order valence-electron chi connectivity index (χ4n) is 2.45. The van der Waals surface area contributed by atoms with Crippen molar-refractivity contribution in [2.45, 2.75) is 38.5 Å². The molecule has 2 aliphatic rings. The van der Waals surface area contributed by atoms with Crippen LogP contribution in [0.2, 0.25) is 0 Å². The Morgan fingerprint density at radius 3 is 2.45 bits per heavy atom. The van der Waals surface area contributed by atoms with Crippen molar-refractivity contribution < 1.29 is 9.90 Å². The molecule has 2 rings (SSSR count). The predicted octanol–water partition coefficient (Wildman–Crippen LogP) is 2.04. The third kappa shape index (κ3) is 1.05. The van der Waals surface area contributed by atoms with Gasteiger partial charge < -0.3 is 5.11 Å². The zero-order valence-corrected chi connectivity index (χ0v) is 6.68. The Hall–Kier alpha value is -0.530. The summed E-state index contributed by atoms with van der Waals surface area (Å²) in [6.07, 6.45) is 6.82. The average molecular weight is 154 g/mol. The van der Waals surface area contributed by atoms with Gasteiger partial charge in [0.1, 0.15) is 0 Å². The second-order valence-corrected chi connectivity index (χ2v) is 4.00. The molecule has 1 atom stereocenters. The molecule has 0 radical (unpaired) electrons. The molecule has 0 aliphatic heterocycles. The normalized spacial score (nSPS) is 33.6. The van der Waals surface area contributed by atoms with Crippen LogP contribution in [0.5, 0.6) is 0 Å². The third-order valence-corrected chi connectivity index (χ3v) is 3.35. The summed E-state index contributed by atoms with van der Waals surface area (Å²) in [5.41, 5.74) is 0.268. The third-order valence-electron chi connectivity index (χ3n) is 3.35. The van der Waals surface area contributed by atoms with Crippen molar-refractivity contribution in [2.75, 3.05) is 0 Å². The summed E-state index contributed by atoms with van der Waals surface area (Å²) in [6, 6.07) is 0. The van der Waals surface area contributed by atoms with E-state index in [1.54, 1.807) is 0 Å². The van der Waals surface area contributed by atoms with Crippen LogP contribution < -0.4 is 0 Å². The van der Waals surface area contributed by atoms with E-state index in [4.69, 9.17) is 5.11 Å². The van der Waals surface area contributed by atoms with E-state index in [0.717, 1.165) is 12.8 Å². The minimum absolute atomic E-state index is 0.00347. The van der Waals surface area contributed by atoms with Crippen LogP contribution in [0.15, 0.2) is 0 Å². The summed E-state index contributed by atoms with van der Waals surface area (Å²) in [6.45, 7) is 0. The molecule has 0 aromatic carbocycles. The molecule has 2 aliphatic carbocycles. The van der Waals surface area contributed by atoms with Gasteiger partial charge in [-0.15, -0.1) is 0 Å². The van der Waals surface area contributed by atoms with Crippen LogP contribution in [0.25, 0.3) is 0 Å². The zero-order valence-electron chi connectivity index (χ0n) is 6.68. The molecule has 62 valence electrons. The van der Waals surface area contributed by atoms with Gasteiger partial charge in [0.05, 0.1) is 5.92 Å². The van der Waals surface area contributed by atoms with E-state index in [1.807, 2.05) is 0 Å². The van der Waals surface area contributed by atoms with Crippen molar-refractivity contribution in [1.29, 1.82) is 0 Å². The molecule has 0 aromatic heterocycles. The number of hydrogen-bond acceptors (Lipinski definition) is 1. The lowest BCUT2D eigenvalue weighted by atomic mass is 9.76. The smallest absolute Gasteiger partial charge is 0.307 e. The van der Waals surface area contributed by atoms with E-state index in [2.05, 4.69) is 0 Å². The quantitative estimate of drug-likeness (QED) is 0.627. The van der Waals surface area contributed by atoms with E-state index >= 15 is 0 Å². The molecule has 2 fully saturated rings. The minimum Gasteiger partial charge on any atom is -0.481 e. The van der Waals surface area contributed by atoms with Gasteiger partial charge in [0.25, 0.3) is 0 Å². The van der Waals surface area contributed by atoms with Crippen LogP contribution in [0.3, 0.4) is 0 Å². The summed E-state index contributed by atoms with van der Waals surface area (Å²) in [4.78, 5) is 10.8. The van der Waals surface area contributed by atoms with Crippen LogP contribution in [0.4, 0.5) is 0 Å².